The van der Waals surface area contributed by atoms with Crippen LogP contribution in [-0.2, 0) is 25.5 Å². The van der Waals surface area contributed by atoms with E-state index in [2.05, 4.69) is 0 Å². The molecule has 0 radical (unpaired) electrons. The molecule has 0 heterocycles. The van der Waals surface area contributed by atoms with E-state index in [9.17, 15) is 9.59 Å². The van der Waals surface area contributed by atoms with Crippen LogP contribution < -0.4 is 4.74 Å². The summed E-state index contributed by atoms with van der Waals surface area (Å²) in [6, 6.07) is 6.85. The Labute approximate surface area is 123 Å². The second-order valence-corrected chi connectivity index (χ2v) is 4.23. The SMILES string of the molecule is CCOC(=O)C(Cc1ccc(OCC(=O)O)cc1)OCC. The molecule has 0 aliphatic rings. The molecular formula is C15H20O6. The number of ether oxygens (including phenoxy) is 3. The Morgan fingerprint density at radius 1 is 1.14 bits per heavy atom. The molecule has 0 spiro atoms. The predicted molar refractivity (Wildman–Crippen MR) is 75.3 cm³/mol. The molecule has 0 aliphatic carbocycles. The Morgan fingerprint density at radius 3 is 2.33 bits per heavy atom. The zero-order valence-electron chi connectivity index (χ0n) is 12.2. The van der Waals surface area contributed by atoms with Crippen LogP contribution in [0.2, 0.25) is 0 Å². The average molecular weight is 296 g/mol. The van der Waals surface area contributed by atoms with E-state index in [-0.39, 0.29) is 12.6 Å². The number of aliphatic carboxylic acids is 1. The summed E-state index contributed by atoms with van der Waals surface area (Å²) in [5, 5.41) is 8.53. The lowest BCUT2D eigenvalue weighted by molar-refractivity contribution is -0.156. The third-order valence-electron chi connectivity index (χ3n) is 2.62. The molecule has 0 bridgehead atoms. The van der Waals surface area contributed by atoms with Gasteiger partial charge in [-0.15, -0.1) is 0 Å². The molecule has 1 atom stereocenters. The van der Waals surface area contributed by atoms with Crippen molar-refractivity contribution in [1.29, 1.82) is 0 Å². The first kappa shape index (κ1) is 17.0. The van der Waals surface area contributed by atoms with Gasteiger partial charge in [-0.1, -0.05) is 12.1 Å². The normalized spacial score (nSPS) is 11.7. The summed E-state index contributed by atoms with van der Waals surface area (Å²) < 4.78 is 15.4. The molecule has 1 rings (SSSR count). The third-order valence-corrected chi connectivity index (χ3v) is 2.62. The van der Waals surface area contributed by atoms with Crippen LogP contribution in [0.3, 0.4) is 0 Å². The van der Waals surface area contributed by atoms with E-state index in [1.54, 1.807) is 31.2 Å². The van der Waals surface area contributed by atoms with Gasteiger partial charge in [0.05, 0.1) is 6.61 Å². The maximum absolute atomic E-state index is 11.7. The fourth-order valence-electron chi connectivity index (χ4n) is 1.73. The minimum atomic E-state index is -1.03. The van der Waals surface area contributed by atoms with Crippen LogP contribution >= 0.6 is 0 Å². The average Bonchev–Trinajstić information content (AvgIpc) is 2.46. The number of hydrogen-bond acceptors (Lipinski definition) is 5. The van der Waals surface area contributed by atoms with E-state index < -0.39 is 12.1 Å². The number of esters is 1. The number of benzene rings is 1. The fraction of sp³-hybridized carbons (Fsp3) is 0.467. The first-order valence-electron chi connectivity index (χ1n) is 6.78. The molecule has 0 saturated heterocycles. The molecule has 1 aromatic rings. The zero-order chi connectivity index (χ0) is 15.7. The summed E-state index contributed by atoms with van der Waals surface area (Å²) in [5.41, 5.74) is 0.879. The van der Waals surface area contributed by atoms with Crippen molar-refractivity contribution in [3.63, 3.8) is 0 Å². The van der Waals surface area contributed by atoms with Gasteiger partial charge in [-0.05, 0) is 31.5 Å². The number of carboxylic acids is 1. The van der Waals surface area contributed by atoms with Crippen molar-refractivity contribution in [2.75, 3.05) is 19.8 Å². The second kappa shape index (κ2) is 8.97. The predicted octanol–water partition coefficient (Wildman–Crippen LogP) is 1.66. The molecule has 0 amide bonds. The highest BCUT2D eigenvalue weighted by molar-refractivity contribution is 5.75. The summed E-state index contributed by atoms with van der Waals surface area (Å²) in [7, 11) is 0. The monoisotopic (exact) mass is 296 g/mol. The summed E-state index contributed by atoms with van der Waals surface area (Å²) in [5.74, 6) is -0.950. The lowest BCUT2D eigenvalue weighted by atomic mass is 10.1. The Morgan fingerprint density at radius 2 is 1.81 bits per heavy atom. The largest absolute Gasteiger partial charge is 0.482 e. The molecule has 116 valence electrons. The molecule has 21 heavy (non-hydrogen) atoms. The summed E-state index contributed by atoms with van der Waals surface area (Å²) in [4.78, 5) is 22.1. The van der Waals surface area contributed by atoms with Gasteiger partial charge in [-0.2, -0.15) is 0 Å². The highest BCUT2D eigenvalue weighted by atomic mass is 16.6. The quantitative estimate of drug-likeness (QED) is 0.698. The number of hydrogen-bond donors (Lipinski definition) is 1. The minimum absolute atomic E-state index is 0.310. The summed E-state index contributed by atoms with van der Waals surface area (Å²) >= 11 is 0. The Bertz CT molecular complexity index is 454. The summed E-state index contributed by atoms with van der Waals surface area (Å²) in [6.07, 6.45) is -0.243. The van der Waals surface area contributed by atoms with Crippen LogP contribution in [-0.4, -0.2) is 43.0 Å². The van der Waals surface area contributed by atoms with Crippen LogP contribution in [0.25, 0.3) is 0 Å². The van der Waals surface area contributed by atoms with E-state index in [1.165, 1.54) is 0 Å². The van der Waals surface area contributed by atoms with Gasteiger partial charge in [0.15, 0.2) is 12.7 Å². The van der Waals surface area contributed by atoms with Gasteiger partial charge in [0, 0.05) is 13.0 Å². The van der Waals surface area contributed by atoms with Gasteiger partial charge >= 0.3 is 11.9 Å². The highest BCUT2D eigenvalue weighted by Crippen LogP contribution is 2.15. The van der Waals surface area contributed by atoms with E-state index in [0.717, 1.165) is 5.56 Å². The molecule has 6 nitrogen and oxygen atoms in total. The first-order valence-corrected chi connectivity index (χ1v) is 6.78. The molecule has 0 aliphatic heterocycles. The van der Waals surface area contributed by atoms with Gasteiger partial charge in [0.25, 0.3) is 0 Å². The standard InChI is InChI=1S/C15H20O6/c1-3-19-13(15(18)20-4-2)9-11-5-7-12(8-6-11)21-10-14(16)17/h5-8,13H,3-4,9-10H2,1-2H3,(H,16,17). The lowest BCUT2D eigenvalue weighted by Crippen LogP contribution is -2.28. The highest BCUT2D eigenvalue weighted by Gasteiger charge is 2.20. The van der Waals surface area contributed by atoms with Crippen molar-refractivity contribution in [2.24, 2.45) is 0 Å². The number of rotatable bonds is 9. The molecular weight excluding hydrogens is 276 g/mol. The lowest BCUT2D eigenvalue weighted by Gasteiger charge is -2.15. The molecule has 1 N–H and O–H groups in total. The Balaban J connectivity index is 2.62. The van der Waals surface area contributed by atoms with Crippen molar-refractivity contribution in [1.82, 2.24) is 0 Å². The Kier molecular flexibility index (Phi) is 7.25. The van der Waals surface area contributed by atoms with E-state index >= 15 is 0 Å². The third kappa shape index (κ3) is 6.27. The summed E-state index contributed by atoms with van der Waals surface area (Å²) in [6.45, 7) is 3.90. The van der Waals surface area contributed by atoms with Crippen LogP contribution in [0.15, 0.2) is 24.3 Å². The minimum Gasteiger partial charge on any atom is -0.482 e. The zero-order valence-corrected chi connectivity index (χ0v) is 12.2. The van der Waals surface area contributed by atoms with Gasteiger partial charge in [0.2, 0.25) is 0 Å². The Hall–Kier alpha value is -2.08. The van der Waals surface area contributed by atoms with Crippen molar-refractivity contribution >= 4 is 11.9 Å². The molecule has 0 fully saturated rings. The van der Waals surface area contributed by atoms with E-state index in [1.807, 2.05) is 6.92 Å². The van der Waals surface area contributed by atoms with Crippen molar-refractivity contribution in [3.8, 4) is 5.75 Å². The van der Waals surface area contributed by atoms with E-state index in [0.29, 0.717) is 25.4 Å². The van der Waals surface area contributed by atoms with Crippen LogP contribution in [0, 0.1) is 0 Å². The van der Waals surface area contributed by atoms with E-state index in [4.69, 9.17) is 19.3 Å². The molecule has 0 saturated carbocycles. The van der Waals surface area contributed by atoms with Crippen LogP contribution in [0.1, 0.15) is 19.4 Å². The smallest absolute Gasteiger partial charge is 0.341 e. The molecule has 1 aromatic carbocycles. The van der Waals surface area contributed by atoms with Gasteiger partial charge in [0.1, 0.15) is 5.75 Å². The van der Waals surface area contributed by atoms with Crippen molar-refractivity contribution in [2.45, 2.75) is 26.4 Å². The maximum atomic E-state index is 11.7. The topological polar surface area (TPSA) is 82.1 Å². The molecule has 1 unspecified atom stereocenters. The van der Waals surface area contributed by atoms with Crippen molar-refractivity contribution < 1.29 is 28.9 Å². The number of carbonyl (C=O) groups excluding carboxylic acids is 1. The first-order chi connectivity index (χ1) is 10.1. The number of carbonyl (C=O) groups is 2. The van der Waals surface area contributed by atoms with Crippen LogP contribution in [0.5, 0.6) is 5.75 Å². The van der Waals surface area contributed by atoms with Gasteiger partial charge in [-0.3, -0.25) is 0 Å². The molecule has 6 heteroatoms. The number of carboxylic acid groups (broad SMARTS) is 1. The molecule has 0 aromatic heterocycles. The van der Waals surface area contributed by atoms with Gasteiger partial charge in [-0.25, -0.2) is 9.59 Å². The maximum Gasteiger partial charge on any atom is 0.341 e. The van der Waals surface area contributed by atoms with Gasteiger partial charge < -0.3 is 19.3 Å². The van der Waals surface area contributed by atoms with Crippen LogP contribution in [0.4, 0.5) is 0 Å². The second-order valence-electron chi connectivity index (χ2n) is 4.23. The fourth-order valence-corrected chi connectivity index (χ4v) is 1.73. The van der Waals surface area contributed by atoms with Crippen molar-refractivity contribution in [3.05, 3.63) is 29.8 Å².